The molecule has 3 rings (SSSR count). The number of piperidine rings is 1. The third-order valence-corrected chi connectivity index (χ3v) is 4.81. The summed E-state index contributed by atoms with van der Waals surface area (Å²) in [6.45, 7) is 5.36. The normalized spacial score (nSPS) is 14.8. The van der Waals surface area contributed by atoms with Gasteiger partial charge in [-0.3, -0.25) is 4.79 Å². The second-order valence-electron chi connectivity index (χ2n) is 6.83. The largest absolute Gasteiger partial charge is 0.393 e. The molecule has 0 unspecified atom stereocenters. The Bertz CT molecular complexity index is 862. The molecule has 0 bridgehead atoms. The van der Waals surface area contributed by atoms with Crippen LogP contribution in [0.3, 0.4) is 0 Å². The second-order valence-corrected chi connectivity index (χ2v) is 6.83. The molecule has 26 heavy (non-hydrogen) atoms. The summed E-state index contributed by atoms with van der Waals surface area (Å²) in [7, 11) is 0. The molecule has 0 aliphatic carbocycles. The SMILES string of the molecule is Cc1ccc(C(=O)Nc2ccc(N3CCC(O)CC3)c(C#N)c2)c(C)c1. The first kappa shape index (κ1) is 18.0. The maximum atomic E-state index is 12.5. The molecular weight excluding hydrogens is 326 g/mol. The molecule has 5 nitrogen and oxygen atoms in total. The van der Waals surface area contributed by atoms with Crippen molar-refractivity contribution in [3.63, 3.8) is 0 Å². The number of aliphatic hydroxyl groups excluding tert-OH is 1. The summed E-state index contributed by atoms with van der Waals surface area (Å²) in [5.74, 6) is -0.180. The number of anilines is 2. The molecule has 1 amide bonds. The zero-order chi connectivity index (χ0) is 18.7. The van der Waals surface area contributed by atoms with Gasteiger partial charge in [0.1, 0.15) is 6.07 Å². The van der Waals surface area contributed by atoms with Gasteiger partial charge in [0.2, 0.25) is 0 Å². The number of nitriles is 1. The molecule has 0 radical (unpaired) electrons. The third kappa shape index (κ3) is 3.87. The van der Waals surface area contributed by atoms with Crippen LogP contribution in [-0.2, 0) is 0 Å². The Hall–Kier alpha value is -2.84. The maximum absolute atomic E-state index is 12.5. The van der Waals surface area contributed by atoms with Gasteiger partial charge in [-0.15, -0.1) is 0 Å². The third-order valence-electron chi connectivity index (χ3n) is 4.81. The first-order valence-electron chi connectivity index (χ1n) is 8.83. The monoisotopic (exact) mass is 349 g/mol. The van der Waals surface area contributed by atoms with E-state index in [0.29, 0.717) is 29.7 Å². The van der Waals surface area contributed by atoms with Crippen LogP contribution in [0.2, 0.25) is 0 Å². The Labute approximate surface area is 153 Å². The van der Waals surface area contributed by atoms with Crippen LogP contribution < -0.4 is 10.2 Å². The number of hydrogen-bond donors (Lipinski definition) is 2. The molecule has 1 heterocycles. The van der Waals surface area contributed by atoms with Crippen LogP contribution >= 0.6 is 0 Å². The number of nitrogens with zero attached hydrogens (tertiary/aromatic N) is 2. The Kier molecular flexibility index (Phi) is 5.24. The van der Waals surface area contributed by atoms with E-state index in [1.54, 1.807) is 6.07 Å². The van der Waals surface area contributed by atoms with E-state index in [2.05, 4.69) is 16.3 Å². The minimum absolute atomic E-state index is 0.180. The van der Waals surface area contributed by atoms with Gasteiger partial charge in [0.25, 0.3) is 5.91 Å². The molecule has 2 aromatic carbocycles. The van der Waals surface area contributed by atoms with Gasteiger partial charge in [-0.1, -0.05) is 17.7 Å². The van der Waals surface area contributed by atoms with Crippen LogP contribution in [-0.4, -0.2) is 30.2 Å². The van der Waals surface area contributed by atoms with E-state index in [1.165, 1.54) is 0 Å². The van der Waals surface area contributed by atoms with Crippen LogP contribution in [0.25, 0.3) is 0 Å². The summed E-state index contributed by atoms with van der Waals surface area (Å²) in [4.78, 5) is 14.6. The average molecular weight is 349 g/mol. The van der Waals surface area contributed by atoms with E-state index in [0.717, 1.165) is 29.9 Å². The van der Waals surface area contributed by atoms with Crippen molar-refractivity contribution in [1.82, 2.24) is 0 Å². The lowest BCUT2D eigenvalue weighted by Crippen LogP contribution is -2.36. The minimum Gasteiger partial charge on any atom is -0.393 e. The molecule has 134 valence electrons. The minimum atomic E-state index is -0.256. The lowest BCUT2D eigenvalue weighted by Gasteiger charge is -2.32. The number of carbonyl (C=O) groups excluding carboxylic acids is 1. The number of benzene rings is 2. The van der Waals surface area contributed by atoms with Crippen molar-refractivity contribution >= 4 is 17.3 Å². The maximum Gasteiger partial charge on any atom is 0.255 e. The van der Waals surface area contributed by atoms with Gasteiger partial charge in [-0.05, 0) is 56.5 Å². The fourth-order valence-corrected chi connectivity index (χ4v) is 3.35. The first-order chi connectivity index (χ1) is 12.5. The van der Waals surface area contributed by atoms with Crippen molar-refractivity contribution in [2.45, 2.75) is 32.8 Å². The predicted octanol–water partition coefficient (Wildman–Crippen LogP) is 3.39. The highest BCUT2D eigenvalue weighted by Gasteiger charge is 2.20. The fourth-order valence-electron chi connectivity index (χ4n) is 3.35. The molecule has 5 heteroatoms. The molecule has 0 saturated carbocycles. The smallest absolute Gasteiger partial charge is 0.255 e. The molecule has 1 aliphatic rings. The van der Waals surface area contributed by atoms with Gasteiger partial charge in [-0.2, -0.15) is 5.26 Å². The van der Waals surface area contributed by atoms with E-state index < -0.39 is 0 Å². The number of amides is 1. The summed E-state index contributed by atoms with van der Waals surface area (Å²) >= 11 is 0. The van der Waals surface area contributed by atoms with Crippen molar-refractivity contribution in [2.75, 3.05) is 23.3 Å². The first-order valence-corrected chi connectivity index (χ1v) is 8.83. The van der Waals surface area contributed by atoms with Crippen LogP contribution in [0.15, 0.2) is 36.4 Å². The zero-order valence-electron chi connectivity index (χ0n) is 15.1. The zero-order valence-corrected chi connectivity index (χ0v) is 15.1. The van der Waals surface area contributed by atoms with E-state index in [9.17, 15) is 15.2 Å². The Balaban J connectivity index is 1.79. The molecular formula is C21H23N3O2. The summed E-state index contributed by atoms with van der Waals surface area (Å²) in [5.41, 5.74) is 4.65. The standard InChI is InChI=1S/C21H23N3O2/c1-14-3-5-19(15(2)11-14)21(26)23-17-4-6-20(16(12-17)13-22)24-9-7-18(25)8-10-24/h3-6,11-12,18,25H,7-10H2,1-2H3,(H,23,26). The highest BCUT2D eigenvalue weighted by atomic mass is 16.3. The molecule has 1 fully saturated rings. The second kappa shape index (κ2) is 7.59. The summed E-state index contributed by atoms with van der Waals surface area (Å²) in [6, 6.07) is 13.3. The highest BCUT2D eigenvalue weighted by molar-refractivity contribution is 6.05. The number of carbonyl (C=O) groups is 1. The van der Waals surface area contributed by atoms with Crippen molar-refractivity contribution < 1.29 is 9.90 Å². The van der Waals surface area contributed by atoms with Gasteiger partial charge in [0, 0.05) is 24.3 Å². The number of rotatable bonds is 3. The number of aliphatic hydroxyl groups is 1. The molecule has 2 N–H and O–H groups in total. The Morgan fingerprint density at radius 2 is 1.92 bits per heavy atom. The molecule has 1 saturated heterocycles. The van der Waals surface area contributed by atoms with Crippen molar-refractivity contribution in [1.29, 1.82) is 5.26 Å². The predicted molar refractivity (Wildman–Crippen MR) is 102 cm³/mol. The van der Waals surface area contributed by atoms with Gasteiger partial charge < -0.3 is 15.3 Å². The lowest BCUT2D eigenvalue weighted by molar-refractivity contribution is 0.102. The van der Waals surface area contributed by atoms with Gasteiger partial charge in [0.15, 0.2) is 0 Å². The number of hydrogen-bond acceptors (Lipinski definition) is 4. The van der Waals surface area contributed by atoms with Crippen molar-refractivity contribution in [3.05, 3.63) is 58.7 Å². The van der Waals surface area contributed by atoms with Crippen LogP contribution in [0.5, 0.6) is 0 Å². The van der Waals surface area contributed by atoms with E-state index >= 15 is 0 Å². The van der Waals surface area contributed by atoms with Crippen molar-refractivity contribution in [2.24, 2.45) is 0 Å². The molecule has 0 aromatic heterocycles. The number of aryl methyl sites for hydroxylation is 2. The van der Waals surface area contributed by atoms with Crippen LogP contribution in [0.1, 0.15) is 39.9 Å². The Morgan fingerprint density at radius 3 is 2.58 bits per heavy atom. The van der Waals surface area contributed by atoms with E-state index in [1.807, 2.05) is 44.2 Å². The van der Waals surface area contributed by atoms with Gasteiger partial charge in [-0.25, -0.2) is 0 Å². The fraction of sp³-hybridized carbons (Fsp3) is 0.333. The lowest BCUT2D eigenvalue weighted by atomic mass is 10.0. The molecule has 2 aromatic rings. The van der Waals surface area contributed by atoms with Gasteiger partial charge in [0.05, 0.1) is 17.4 Å². The van der Waals surface area contributed by atoms with Crippen molar-refractivity contribution in [3.8, 4) is 6.07 Å². The van der Waals surface area contributed by atoms with E-state index in [-0.39, 0.29) is 12.0 Å². The average Bonchev–Trinajstić information content (AvgIpc) is 2.62. The summed E-state index contributed by atoms with van der Waals surface area (Å²) in [6.07, 6.45) is 1.15. The van der Waals surface area contributed by atoms with E-state index in [4.69, 9.17) is 0 Å². The quantitative estimate of drug-likeness (QED) is 0.890. The van der Waals surface area contributed by atoms with Gasteiger partial charge >= 0.3 is 0 Å². The molecule has 0 spiro atoms. The highest BCUT2D eigenvalue weighted by Crippen LogP contribution is 2.27. The molecule has 1 aliphatic heterocycles. The summed E-state index contributed by atoms with van der Waals surface area (Å²) < 4.78 is 0. The molecule has 0 atom stereocenters. The topological polar surface area (TPSA) is 76.4 Å². The number of nitrogens with one attached hydrogen (secondary N) is 1. The van der Waals surface area contributed by atoms with Crippen LogP contribution in [0, 0.1) is 25.2 Å². The Morgan fingerprint density at radius 1 is 1.19 bits per heavy atom. The summed E-state index contributed by atoms with van der Waals surface area (Å²) in [5, 5.41) is 22.0. The van der Waals surface area contributed by atoms with Crippen LogP contribution in [0.4, 0.5) is 11.4 Å².